The highest BCUT2D eigenvalue weighted by atomic mass is 35.5. The van der Waals surface area contributed by atoms with E-state index in [2.05, 4.69) is 0 Å². The fourth-order valence-corrected chi connectivity index (χ4v) is 4.69. The van der Waals surface area contributed by atoms with Crippen LogP contribution in [0, 0.1) is 6.92 Å². The summed E-state index contributed by atoms with van der Waals surface area (Å²) in [5, 5.41) is 0.570. The smallest absolute Gasteiger partial charge is 0.255 e. The first-order valence-electron chi connectivity index (χ1n) is 10.8. The zero-order valence-electron chi connectivity index (χ0n) is 17.4. The number of aromatic nitrogens is 1. The van der Waals surface area contributed by atoms with Gasteiger partial charge in [-0.15, -0.1) is 0 Å². The molecule has 158 valence electrons. The van der Waals surface area contributed by atoms with Crippen LogP contribution in [0.5, 0.6) is 0 Å². The summed E-state index contributed by atoms with van der Waals surface area (Å²) < 4.78 is 0. The fraction of sp³-hybridized carbons (Fsp3) is 0.458. The molecule has 3 heterocycles. The van der Waals surface area contributed by atoms with E-state index in [0.29, 0.717) is 23.7 Å². The summed E-state index contributed by atoms with van der Waals surface area (Å²) in [5.74, 6) is 0.310. The molecule has 0 unspecified atom stereocenters. The second-order valence-corrected chi connectivity index (χ2v) is 8.75. The van der Waals surface area contributed by atoms with E-state index in [-0.39, 0.29) is 17.7 Å². The van der Waals surface area contributed by atoms with Crippen LogP contribution in [-0.4, -0.2) is 52.8 Å². The molecule has 2 amide bonds. The van der Waals surface area contributed by atoms with E-state index in [1.807, 2.05) is 28.9 Å². The second kappa shape index (κ2) is 9.17. The van der Waals surface area contributed by atoms with Gasteiger partial charge in [0.1, 0.15) is 0 Å². The Kier molecular flexibility index (Phi) is 6.38. The summed E-state index contributed by atoms with van der Waals surface area (Å²) in [7, 11) is 0. The van der Waals surface area contributed by atoms with Crippen molar-refractivity contribution in [2.24, 2.45) is 0 Å². The highest BCUT2D eigenvalue weighted by molar-refractivity contribution is 6.30. The minimum Gasteiger partial charge on any atom is -0.339 e. The monoisotopic (exact) mass is 425 g/mol. The Balaban J connectivity index is 1.48. The third-order valence-corrected chi connectivity index (χ3v) is 6.41. The van der Waals surface area contributed by atoms with Gasteiger partial charge >= 0.3 is 0 Å². The molecule has 2 fully saturated rings. The number of likely N-dealkylation sites (tertiary alicyclic amines) is 2. The molecule has 0 radical (unpaired) electrons. The maximum atomic E-state index is 13.2. The van der Waals surface area contributed by atoms with Crippen LogP contribution in [-0.2, 0) is 0 Å². The number of rotatable bonds is 3. The van der Waals surface area contributed by atoms with Gasteiger partial charge < -0.3 is 9.80 Å². The van der Waals surface area contributed by atoms with Crippen molar-refractivity contribution in [1.82, 2.24) is 14.8 Å². The van der Waals surface area contributed by atoms with E-state index in [4.69, 9.17) is 16.6 Å². The van der Waals surface area contributed by atoms with Gasteiger partial charge in [-0.3, -0.25) is 14.6 Å². The molecule has 30 heavy (non-hydrogen) atoms. The lowest BCUT2D eigenvalue weighted by Gasteiger charge is -2.33. The molecular weight excluding hydrogens is 398 g/mol. The van der Waals surface area contributed by atoms with Crippen LogP contribution in [0.25, 0.3) is 0 Å². The van der Waals surface area contributed by atoms with Crippen molar-refractivity contribution in [3.8, 4) is 0 Å². The number of halogens is 1. The summed E-state index contributed by atoms with van der Waals surface area (Å²) >= 11 is 6.04. The van der Waals surface area contributed by atoms with E-state index >= 15 is 0 Å². The van der Waals surface area contributed by atoms with E-state index in [9.17, 15) is 9.59 Å². The van der Waals surface area contributed by atoms with Gasteiger partial charge in [-0.1, -0.05) is 17.7 Å². The molecule has 0 spiro atoms. The normalized spacial score (nSPS) is 17.8. The standard InChI is InChI=1S/C24H28ClN3O2/c1-17-8-9-21(24(30)27-12-3-2-4-13-27)22(26-17)18-10-14-28(15-11-18)23(29)19-6-5-7-20(25)16-19/h5-9,16,18H,2-4,10-15H2,1H3. The van der Waals surface area contributed by atoms with Crippen molar-refractivity contribution >= 4 is 23.4 Å². The Morgan fingerprint density at radius 1 is 0.933 bits per heavy atom. The second-order valence-electron chi connectivity index (χ2n) is 8.32. The highest BCUT2D eigenvalue weighted by Crippen LogP contribution is 2.31. The molecular formula is C24H28ClN3O2. The molecule has 0 N–H and O–H groups in total. The van der Waals surface area contributed by atoms with Crippen molar-refractivity contribution in [2.75, 3.05) is 26.2 Å². The number of hydrogen-bond donors (Lipinski definition) is 0. The number of nitrogens with zero attached hydrogens (tertiary/aromatic N) is 3. The van der Waals surface area contributed by atoms with Crippen LogP contribution < -0.4 is 0 Å². The van der Waals surface area contributed by atoms with Crippen molar-refractivity contribution in [1.29, 1.82) is 0 Å². The van der Waals surface area contributed by atoms with Gasteiger partial charge in [-0.25, -0.2) is 0 Å². The molecule has 0 atom stereocenters. The Bertz CT molecular complexity index is 932. The molecule has 2 aliphatic rings. The molecule has 1 aromatic heterocycles. The zero-order valence-corrected chi connectivity index (χ0v) is 18.2. The average molecular weight is 426 g/mol. The van der Waals surface area contributed by atoms with Gasteiger partial charge in [0.25, 0.3) is 11.8 Å². The molecule has 0 bridgehead atoms. The maximum Gasteiger partial charge on any atom is 0.255 e. The van der Waals surface area contributed by atoms with Crippen LogP contribution in [0.3, 0.4) is 0 Å². The summed E-state index contributed by atoms with van der Waals surface area (Å²) in [5.41, 5.74) is 3.19. The number of hydrogen-bond acceptors (Lipinski definition) is 3. The molecule has 0 aliphatic carbocycles. The van der Waals surface area contributed by atoms with E-state index in [1.54, 1.807) is 24.3 Å². The van der Waals surface area contributed by atoms with Gasteiger partial charge in [0.05, 0.1) is 11.3 Å². The largest absolute Gasteiger partial charge is 0.339 e. The van der Waals surface area contributed by atoms with Crippen LogP contribution in [0.4, 0.5) is 0 Å². The first kappa shape index (κ1) is 20.9. The molecule has 4 rings (SSSR count). The minimum atomic E-state index is 0.0118. The highest BCUT2D eigenvalue weighted by Gasteiger charge is 2.30. The van der Waals surface area contributed by atoms with Gasteiger partial charge in [-0.2, -0.15) is 0 Å². The Morgan fingerprint density at radius 3 is 2.33 bits per heavy atom. The fourth-order valence-electron chi connectivity index (χ4n) is 4.50. The third-order valence-electron chi connectivity index (χ3n) is 6.18. The molecule has 5 nitrogen and oxygen atoms in total. The molecule has 6 heteroatoms. The molecule has 1 aromatic carbocycles. The molecule has 2 saturated heterocycles. The topological polar surface area (TPSA) is 53.5 Å². The molecule has 2 aliphatic heterocycles. The lowest BCUT2D eigenvalue weighted by Crippen LogP contribution is -2.39. The van der Waals surface area contributed by atoms with Gasteiger partial charge in [0.2, 0.25) is 0 Å². The number of carbonyl (C=O) groups excluding carboxylic acids is 2. The Morgan fingerprint density at radius 2 is 1.63 bits per heavy atom. The quantitative estimate of drug-likeness (QED) is 0.716. The predicted molar refractivity (Wildman–Crippen MR) is 118 cm³/mol. The maximum absolute atomic E-state index is 13.2. The minimum absolute atomic E-state index is 0.0118. The molecule has 2 aromatic rings. The number of carbonyl (C=O) groups is 2. The Hall–Kier alpha value is -2.40. The van der Waals surface area contributed by atoms with Crippen LogP contribution in [0.1, 0.15) is 70.1 Å². The SMILES string of the molecule is Cc1ccc(C(=O)N2CCCCC2)c(C2CCN(C(=O)c3cccc(Cl)c3)CC2)n1. The van der Waals surface area contributed by atoms with Crippen LogP contribution in [0.15, 0.2) is 36.4 Å². The predicted octanol–water partition coefficient (Wildman–Crippen LogP) is 4.69. The van der Waals surface area contributed by atoms with E-state index < -0.39 is 0 Å². The number of amides is 2. The first-order valence-corrected chi connectivity index (χ1v) is 11.2. The summed E-state index contributed by atoms with van der Waals surface area (Å²) in [6, 6.07) is 11.0. The Labute approximate surface area is 183 Å². The summed E-state index contributed by atoms with van der Waals surface area (Å²) in [4.78, 5) is 34.6. The number of benzene rings is 1. The summed E-state index contributed by atoms with van der Waals surface area (Å²) in [6.45, 7) is 4.94. The number of aryl methyl sites for hydroxylation is 1. The van der Waals surface area contributed by atoms with Crippen molar-refractivity contribution in [3.05, 3.63) is 63.9 Å². The third kappa shape index (κ3) is 4.51. The molecule has 0 saturated carbocycles. The average Bonchev–Trinajstić information content (AvgIpc) is 2.79. The van der Waals surface area contributed by atoms with Crippen molar-refractivity contribution in [3.63, 3.8) is 0 Å². The first-order chi connectivity index (χ1) is 14.5. The van der Waals surface area contributed by atoms with E-state index in [0.717, 1.165) is 55.7 Å². The number of piperidine rings is 2. The van der Waals surface area contributed by atoms with Gasteiger partial charge in [0.15, 0.2) is 0 Å². The van der Waals surface area contributed by atoms with E-state index in [1.165, 1.54) is 6.42 Å². The lowest BCUT2D eigenvalue weighted by atomic mass is 9.89. The van der Waals surface area contributed by atoms with Gasteiger partial charge in [-0.05, 0) is 69.4 Å². The van der Waals surface area contributed by atoms with Crippen LogP contribution >= 0.6 is 11.6 Å². The number of pyridine rings is 1. The van der Waals surface area contributed by atoms with Crippen molar-refractivity contribution in [2.45, 2.75) is 44.9 Å². The van der Waals surface area contributed by atoms with Crippen LogP contribution in [0.2, 0.25) is 5.02 Å². The summed E-state index contributed by atoms with van der Waals surface area (Å²) in [6.07, 6.45) is 4.96. The zero-order chi connectivity index (χ0) is 21.1. The lowest BCUT2D eigenvalue weighted by molar-refractivity contribution is 0.0696. The van der Waals surface area contributed by atoms with Crippen molar-refractivity contribution < 1.29 is 9.59 Å². The van der Waals surface area contributed by atoms with Gasteiger partial charge in [0, 0.05) is 48.4 Å².